The quantitative estimate of drug-likeness (QED) is 0.583. The van der Waals surface area contributed by atoms with Gasteiger partial charge in [0.15, 0.2) is 0 Å². The number of hydrogen-bond acceptors (Lipinski definition) is 4. The highest BCUT2D eigenvalue weighted by atomic mass is 16.5. The van der Waals surface area contributed by atoms with Crippen molar-refractivity contribution in [2.24, 2.45) is 0 Å². The van der Waals surface area contributed by atoms with Crippen molar-refractivity contribution in [1.82, 2.24) is 5.32 Å². The molecule has 0 saturated carbocycles. The number of rotatable bonds is 3. The largest absolute Gasteiger partial charge is 0.466 e. The second-order valence-electron chi connectivity index (χ2n) is 2.32. The van der Waals surface area contributed by atoms with Gasteiger partial charge in [0.05, 0.1) is 19.6 Å². The van der Waals surface area contributed by atoms with Gasteiger partial charge in [0, 0.05) is 6.54 Å². The van der Waals surface area contributed by atoms with Gasteiger partial charge in [-0.25, -0.2) is 0 Å². The third-order valence-corrected chi connectivity index (χ3v) is 1.45. The van der Waals surface area contributed by atoms with Gasteiger partial charge in [-0.3, -0.25) is 10.1 Å². The summed E-state index contributed by atoms with van der Waals surface area (Å²) in [6.07, 6.45) is 0.183. The maximum Gasteiger partial charge on any atom is 0.309 e. The van der Waals surface area contributed by atoms with Crippen LogP contribution in [0.5, 0.6) is 0 Å². The van der Waals surface area contributed by atoms with Gasteiger partial charge in [-0.15, -0.1) is 0 Å². The zero-order chi connectivity index (χ0) is 8.10. The lowest BCUT2D eigenvalue weighted by Crippen LogP contribution is -2.26. The molecule has 1 saturated heterocycles. The molecule has 1 atom stereocenters. The van der Waals surface area contributed by atoms with Crippen LogP contribution in [0.2, 0.25) is 0 Å². The monoisotopic (exact) mass is 159 g/mol. The van der Waals surface area contributed by atoms with Crippen molar-refractivity contribution < 1.29 is 14.3 Å². The molecular weight excluding hydrogens is 146 g/mol. The van der Waals surface area contributed by atoms with Crippen molar-refractivity contribution >= 4 is 5.97 Å². The van der Waals surface area contributed by atoms with Gasteiger partial charge in [-0.05, 0) is 6.92 Å². The Labute approximate surface area is 65.9 Å². The summed E-state index contributed by atoms with van der Waals surface area (Å²) in [6, 6.07) is 0. The van der Waals surface area contributed by atoms with Crippen molar-refractivity contribution in [2.75, 3.05) is 19.8 Å². The third-order valence-electron chi connectivity index (χ3n) is 1.45. The first-order valence-corrected chi connectivity index (χ1v) is 3.83. The molecule has 1 aliphatic rings. The van der Waals surface area contributed by atoms with Gasteiger partial charge in [0.2, 0.25) is 0 Å². The minimum atomic E-state index is -0.202. The molecule has 1 fully saturated rings. The Balaban J connectivity index is 2.13. The van der Waals surface area contributed by atoms with E-state index in [1.165, 1.54) is 0 Å². The number of esters is 1. The molecule has 1 aliphatic heterocycles. The van der Waals surface area contributed by atoms with Gasteiger partial charge in [0.25, 0.3) is 0 Å². The molecule has 0 aliphatic carbocycles. The molecular formula is C7H13NO3. The maximum atomic E-state index is 10.9. The predicted molar refractivity (Wildman–Crippen MR) is 39.0 cm³/mol. The first-order valence-electron chi connectivity index (χ1n) is 3.83. The summed E-state index contributed by atoms with van der Waals surface area (Å²) in [7, 11) is 0. The molecule has 0 aromatic carbocycles. The van der Waals surface area contributed by atoms with Crippen LogP contribution in [-0.2, 0) is 14.3 Å². The molecule has 1 N–H and O–H groups in total. The molecule has 4 nitrogen and oxygen atoms in total. The lowest BCUT2D eigenvalue weighted by atomic mass is 10.4. The van der Waals surface area contributed by atoms with E-state index < -0.39 is 0 Å². The third kappa shape index (κ3) is 2.86. The maximum absolute atomic E-state index is 10.9. The number of carbonyl (C=O) groups excluding carboxylic acids is 1. The Hall–Kier alpha value is -0.610. The molecule has 4 heteroatoms. The van der Waals surface area contributed by atoms with E-state index in [1.807, 2.05) is 0 Å². The van der Waals surface area contributed by atoms with E-state index in [0.717, 1.165) is 6.54 Å². The fraction of sp³-hybridized carbons (Fsp3) is 0.857. The van der Waals surface area contributed by atoms with Crippen molar-refractivity contribution in [3.63, 3.8) is 0 Å². The molecule has 1 heterocycles. The summed E-state index contributed by atoms with van der Waals surface area (Å²) < 4.78 is 9.90. The smallest absolute Gasteiger partial charge is 0.309 e. The highest BCUT2D eigenvalue weighted by molar-refractivity contribution is 5.69. The first kappa shape index (κ1) is 8.49. The lowest BCUT2D eigenvalue weighted by Gasteiger charge is -2.07. The number of carbonyl (C=O) groups is 1. The molecule has 64 valence electrons. The van der Waals surface area contributed by atoms with Crippen molar-refractivity contribution in [3.05, 3.63) is 0 Å². The second-order valence-corrected chi connectivity index (χ2v) is 2.32. The van der Waals surface area contributed by atoms with Crippen LogP contribution in [0.25, 0.3) is 0 Å². The van der Waals surface area contributed by atoms with Gasteiger partial charge in [-0.1, -0.05) is 0 Å². The van der Waals surface area contributed by atoms with Gasteiger partial charge < -0.3 is 9.47 Å². The number of ether oxygens (including phenoxy) is 2. The SMILES string of the molecule is CCOC(=O)CC1NCCO1. The number of hydrogen-bond donors (Lipinski definition) is 1. The average molecular weight is 159 g/mol. The highest BCUT2D eigenvalue weighted by Gasteiger charge is 2.18. The summed E-state index contributed by atoms with van der Waals surface area (Å²) in [6.45, 7) is 3.74. The summed E-state index contributed by atoms with van der Waals surface area (Å²) in [5, 5.41) is 3.02. The van der Waals surface area contributed by atoms with Crippen LogP contribution < -0.4 is 5.32 Å². The second kappa shape index (κ2) is 4.31. The summed E-state index contributed by atoms with van der Waals surface area (Å²) in [4.78, 5) is 10.9. The van der Waals surface area contributed by atoms with E-state index in [0.29, 0.717) is 19.6 Å². The topological polar surface area (TPSA) is 47.6 Å². The molecule has 1 unspecified atom stereocenters. The highest BCUT2D eigenvalue weighted by Crippen LogP contribution is 2.01. The molecule has 0 aromatic rings. The fourth-order valence-corrected chi connectivity index (χ4v) is 0.982. The van der Waals surface area contributed by atoms with Crippen LogP contribution in [0.4, 0.5) is 0 Å². The summed E-state index contributed by atoms with van der Waals surface area (Å²) in [5.74, 6) is -0.202. The van der Waals surface area contributed by atoms with Crippen molar-refractivity contribution in [3.8, 4) is 0 Å². The van der Waals surface area contributed by atoms with Crippen LogP contribution >= 0.6 is 0 Å². The number of nitrogens with one attached hydrogen (secondary N) is 1. The van der Waals surface area contributed by atoms with Crippen LogP contribution in [0.15, 0.2) is 0 Å². The zero-order valence-corrected chi connectivity index (χ0v) is 6.63. The van der Waals surface area contributed by atoms with Gasteiger partial charge >= 0.3 is 5.97 Å². The first-order chi connectivity index (χ1) is 5.33. The van der Waals surface area contributed by atoms with E-state index in [-0.39, 0.29) is 12.2 Å². The van der Waals surface area contributed by atoms with Gasteiger partial charge in [0.1, 0.15) is 6.23 Å². The molecule has 0 radical (unpaired) electrons. The lowest BCUT2D eigenvalue weighted by molar-refractivity contribution is -0.145. The minimum absolute atomic E-state index is 0.131. The van der Waals surface area contributed by atoms with E-state index in [1.54, 1.807) is 6.92 Å². The molecule has 1 rings (SSSR count). The molecule has 0 bridgehead atoms. The standard InChI is InChI=1S/C7H13NO3/c1-2-10-7(9)5-6-8-3-4-11-6/h6,8H,2-5H2,1H3. The minimum Gasteiger partial charge on any atom is -0.466 e. The Bertz CT molecular complexity index is 132. The van der Waals surface area contributed by atoms with Crippen LogP contribution in [-0.4, -0.2) is 32.0 Å². The Morgan fingerprint density at radius 2 is 2.64 bits per heavy atom. The van der Waals surface area contributed by atoms with Gasteiger partial charge in [-0.2, -0.15) is 0 Å². The molecule has 0 spiro atoms. The van der Waals surface area contributed by atoms with Crippen molar-refractivity contribution in [2.45, 2.75) is 19.6 Å². The van der Waals surface area contributed by atoms with Crippen LogP contribution in [0, 0.1) is 0 Å². The average Bonchev–Trinajstić information content (AvgIpc) is 2.40. The Kier molecular flexibility index (Phi) is 3.32. The molecule has 11 heavy (non-hydrogen) atoms. The zero-order valence-electron chi connectivity index (χ0n) is 6.63. The van der Waals surface area contributed by atoms with E-state index in [9.17, 15) is 4.79 Å². The summed E-state index contributed by atoms with van der Waals surface area (Å²) >= 11 is 0. The Morgan fingerprint density at radius 3 is 3.18 bits per heavy atom. The summed E-state index contributed by atoms with van der Waals surface area (Å²) in [5.41, 5.74) is 0. The van der Waals surface area contributed by atoms with Crippen LogP contribution in [0.1, 0.15) is 13.3 Å². The normalized spacial score (nSPS) is 23.5. The van der Waals surface area contributed by atoms with Crippen LogP contribution in [0.3, 0.4) is 0 Å². The van der Waals surface area contributed by atoms with Crippen molar-refractivity contribution in [1.29, 1.82) is 0 Å². The predicted octanol–water partition coefficient (Wildman–Crippen LogP) is -0.115. The molecule has 0 amide bonds. The fourth-order valence-electron chi connectivity index (χ4n) is 0.982. The van der Waals surface area contributed by atoms with E-state index >= 15 is 0 Å². The van der Waals surface area contributed by atoms with E-state index in [4.69, 9.17) is 9.47 Å². The molecule has 0 aromatic heterocycles. The van der Waals surface area contributed by atoms with E-state index in [2.05, 4.69) is 5.32 Å². The Morgan fingerprint density at radius 1 is 1.82 bits per heavy atom.